The highest BCUT2D eigenvalue weighted by Crippen LogP contribution is 2.29. The number of amides is 1. The molecule has 180 valence electrons. The highest BCUT2D eigenvalue weighted by molar-refractivity contribution is 5.96. The summed E-state index contributed by atoms with van der Waals surface area (Å²) in [7, 11) is 4.83. The summed E-state index contributed by atoms with van der Waals surface area (Å²) in [5.74, 6) is 1.70. The fraction of sp³-hybridized carbons (Fsp3) is 0.320. The highest BCUT2D eigenvalue weighted by Gasteiger charge is 2.18. The lowest BCUT2D eigenvalue weighted by Crippen LogP contribution is -2.26. The lowest BCUT2D eigenvalue weighted by atomic mass is 10.1. The Morgan fingerprint density at radius 2 is 1.89 bits per heavy atom. The fourth-order valence-corrected chi connectivity index (χ4v) is 3.64. The second-order valence-corrected chi connectivity index (χ2v) is 8.14. The molecule has 0 aliphatic carbocycles. The normalized spacial score (nSPS) is 13.5. The summed E-state index contributed by atoms with van der Waals surface area (Å²) in [6, 6.07) is 11.0. The van der Waals surface area contributed by atoms with Crippen LogP contribution in [-0.4, -0.2) is 66.3 Å². The van der Waals surface area contributed by atoms with E-state index in [1.165, 1.54) is 24.5 Å². The maximum absolute atomic E-state index is 12.3. The van der Waals surface area contributed by atoms with Crippen LogP contribution in [0, 0.1) is 11.3 Å². The number of methoxy groups -OCH3 is 1. The second-order valence-electron chi connectivity index (χ2n) is 8.14. The van der Waals surface area contributed by atoms with Gasteiger partial charge >= 0.3 is 0 Å². The Balaban J connectivity index is 1.54. The number of ether oxygens (including phenoxy) is 3. The van der Waals surface area contributed by atoms with Crippen molar-refractivity contribution in [2.75, 3.05) is 39.7 Å². The minimum atomic E-state index is -0.206. The zero-order valence-corrected chi connectivity index (χ0v) is 19.8. The highest BCUT2D eigenvalue weighted by atomic mass is 16.5. The number of hydrogen-bond donors (Lipinski definition) is 1. The molecule has 1 saturated heterocycles. The standard InChI is InChI=1S/C25H26N6O4/c1-31(2)25(32)19-14-27-24(12-22(19)33-3)30-23-11-20(28-15-29-23)16-4-5-21(17(10-16)13-26)35-18-6-8-34-9-7-18/h4-5,10-12,14-15,18H,6-9H2,1-3H3,(H,27,28,29,30). The van der Waals surface area contributed by atoms with Crippen molar-refractivity contribution in [1.82, 2.24) is 19.9 Å². The first-order valence-corrected chi connectivity index (χ1v) is 11.1. The van der Waals surface area contributed by atoms with Crippen LogP contribution in [0.4, 0.5) is 11.6 Å². The van der Waals surface area contributed by atoms with Crippen molar-refractivity contribution in [1.29, 1.82) is 5.26 Å². The van der Waals surface area contributed by atoms with Gasteiger partial charge in [0.25, 0.3) is 5.91 Å². The molecule has 0 bridgehead atoms. The molecule has 0 saturated carbocycles. The van der Waals surface area contributed by atoms with Crippen molar-refractivity contribution < 1.29 is 19.0 Å². The van der Waals surface area contributed by atoms with Gasteiger partial charge in [-0.1, -0.05) is 0 Å². The van der Waals surface area contributed by atoms with Crippen molar-refractivity contribution in [3.8, 4) is 28.8 Å². The molecule has 3 aromatic rings. The minimum Gasteiger partial charge on any atom is -0.496 e. The molecule has 1 aliphatic rings. The Hall–Kier alpha value is -4.23. The summed E-state index contributed by atoms with van der Waals surface area (Å²) in [5, 5.41) is 12.8. The van der Waals surface area contributed by atoms with Crippen molar-refractivity contribution >= 4 is 17.5 Å². The summed E-state index contributed by atoms with van der Waals surface area (Å²) < 4.78 is 16.8. The zero-order chi connectivity index (χ0) is 24.8. The molecule has 4 rings (SSSR count). The Morgan fingerprint density at radius 1 is 1.11 bits per heavy atom. The van der Waals surface area contributed by atoms with E-state index in [0.717, 1.165) is 18.4 Å². The number of nitriles is 1. The van der Waals surface area contributed by atoms with Crippen LogP contribution >= 0.6 is 0 Å². The van der Waals surface area contributed by atoms with Crippen LogP contribution in [-0.2, 0) is 4.74 Å². The third-order valence-corrected chi connectivity index (χ3v) is 5.50. The van der Waals surface area contributed by atoms with Gasteiger partial charge in [0.1, 0.15) is 41.6 Å². The fourth-order valence-electron chi connectivity index (χ4n) is 3.64. The summed E-state index contributed by atoms with van der Waals surface area (Å²) >= 11 is 0. The summed E-state index contributed by atoms with van der Waals surface area (Å²) in [5.41, 5.74) is 2.18. The number of aromatic nitrogens is 3. The number of nitrogens with zero attached hydrogens (tertiary/aromatic N) is 5. The van der Waals surface area contributed by atoms with E-state index in [0.29, 0.717) is 53.2 Å². The molecule has 1 fully saturated rings. The van der Waals surface area contributed by atoms with Gasteiger partial charge in [0.15, 0.2) is 0 Å². The monoisotopic (exact) mass is 474 g/mol. The van der Waals surface area contributed by atoms with Crippen LogP contribution in [0.5, 0.6) is 11.5 Å². The first kappa shape index (κ1) is 23.9. The van der Waals surface area contributed by atoms with E-state index in [2.05, 4.69) is 26.3 Å². The van der Waals surface area contributed by atoms with Gasteiger partial charge in [-0.15, -0.1) is 0 Å². The molecule has 1 N–H and O–H groups in total. The van der Waals surface area contributed by atoms with Crippen molar-refractivity contribution in [2.24, 2.45) is 0 Å². The number of pyridine rings is 1. The third kappa shape index (κ3) is 5.65. The van der Waals surface area contributed by atoms with Crippen LogP contribution in [0.1, 0.15) is 28.8 Å². The van der Waals surface area contributed by atoms with Gasteiger partial charge in [0.05, 0.1) is 37.1 Å². The number of nitrogens with one attached hydrogen (secondary N) is 1. The molecule has 0 spiro atoms. The second kappa shape index (κ2) is 10.8. The molecular weight excluding hydrogens is 448 g/mol. The Kier molecular flexibility index (Phi) is 7.38. The van der Waals surface area contributed by atoms with Gasteiger partial charge in [-0.05, 0) is 18.2 Å². The molecule has 1 amide bonds. The van der Waals surface area contributed by atoms with Crippen LogP contribution in [0.15, 0.2) is 42.9 Å². The van der Waals surface area contributed by atoms with Crippen LogP contribution in [0.2, 0.25) is 0 Å². The number of carbonyl (C=O) groups is 1. The molecular formula is C25H26N6O4. The summed E-state index contributed by atoms with van der Waals surface area (Å²) in [6.45, 7) is 1.33. The molecule has 1 aliphatic heterocycles. The van der Waals surface area contributed by atoms with Crippen molar-refractivity contribution in [3.05, 3.63) is 54.0 Å². The summed E-state index contributed by atoms with van der Waals surface area (Å²) in [6.07, 6.45) is 4.53. The van der Waals surface area contributed by atoms with Crippen LogP contribution in [0.25, 0.3) is 11.3 Å². The van der Waals surface area contributed by atoms with E-state index >= 15 is 0 Å². The summed E-state index contributed by atoms with van der Waals surface area (Å²) in [4.78, 5) is 26.7. The van der Waals surface area contributed by atoms with E-state index in [9.17, 15) is 10.1 Å². The molecule has 35 heavy (non-hydrogen) atoms. The van der Waals surface area contributed by atoms with Crippen LogP contribution in [0.3, 0.4) is 0 Å². The number of rotatable bonds is 7. The SMILES string of the molecule is COc1cc(Nc2cc(-c3ccc(OC4CCOCC4)c(C#N)c3)ncn2)ncc1C(=O)N(C)C. The van der Waals surface area contributed by atoms with Crippen molar-refractivity contribution in [3.63, 3.8) is 0 Å². The molecule has 1 aromatic carbocycles. The van der Waals surface area contributed by atoms with Crippen molar-refractivity contribution in [2.45, 2.75) is 18.9 Å². The quantitative estimate of drug-likeness (QED) is 0.549. The van der Waals surface area contributed by atoms with E-state index in [1.807, 2.05) is 6.07 Å². The first-order valence-electron chi connectivity index (χ1n) is 11.1. The smallest absolute Gasteiger partial charge is 0.258 e. The van der Waals surface area contributed by atoms with E-state index in [1.54, 1.807) is 38.4 Å². The largest absolute Gasteiger partial charge is 0.496 e. The maximum atomic E-state index is 12.3. The molecule has 3 heterocycles. The average Bonchev–Trinajstić information content (AvgIpc) is 2.89. The lowest BCUT2D eigenvalue weighted by Gasteiger charge is -2.23. The molecule has 0 atom stereocenters. The molecule has 10 heteroatoms. The minimum absolute atomic E-state index is 0.0421. The Morgan fingerprint density at radius 3 is 2.60 bits per heavy atom. The zero-order valence-electron chi connectivity index (χ0n) is 19.8. The van der Waals surface area contributed by atoms with E-state index in [4.69, 9.17) is 14.2 Å². The average molecular weight is 475 g/mol. The van der Waals surface area contributed by atoms with Gasteiger partial charge < -0.3 is 24.4 Å². The van der Waals surface area contributed by atoms with E-state index in [-0.39, 0.29) is 12.0 Å². The molecule has 0 unspecified atom stereocenters. The Bertz CT molecular complexity index is 1250. The van der Waals surface area contributed by atoms with Gasteiger partial charge in [-0.2, -0.15) is 5.26 Å². The molecule has 2 aromatic heterocycles. The third-order valence-electron chi connectivity index (χ3n) is 5.50. The van der Waals surface area contributed by atoms with Crippen LogP contribution < -0.4 is 14.8 Å². The Labute approximate surface area is 203 Å². The van der Waals surface area contributed by atoms with Gasteiger partial charge in [0, 0.05) is 50.8 Å². The number of anilines is 2. The first-order chi connectivity index (χ1) is 17.0. The number of benzene rings is 1. The predicted molar refractivity (Wildman–Crippen MR) is 129 cm³/mol. The maximum Gasteiger partial charge on any atom is 0.258 e. The molecule has 10 nitrogen and oxygen atoms in total. The predicted octanol–water partition coefficient (Wildman–Crippen LogP) is 3.42. The number of hydrogen-bond acceptors (Lipinski definition) is 9. The van der Waals surface area contributed by atoms with Gasteiger partial charge in [-0.25, -0.2) is 15.0 Å². The van der Waals surface area contributed by atoms with Gasteiger partial charge in [0.2, 0.25) is 0 Å². The lowest BCUT2D eigenvalue weighted by molar-refractivity contribution is 0.0254. The number of carbonyl (C=O) groups excluding carboxylic acids is 1. The van der Waals surface area contributed by atoms with E-state index < -0.39 is 0 Å². The topological polar surface area (TPSA) is 122 Å². The van der Waals surface area contributed by atoms with Gasteiger partial charge in [-0.3, -0.25) is 4.79 Å². The molecule has 0 radical (unpaired) electrons.